The highest BCUT2D eigenvalue weighted by molar-refractivity contribution is 5.91. The lowest BCUT2D eigenvalue weighted by molar-refractivity contribution is -0.112. The van der Waals surface area contributed by atoms with Gasteiger partial charge in [0.05, 0.1) is 6.61 Å². The third-order valence-electron chi connectivity index (χ3n) is 3.16. The van der Waals surface area contributed by atoms with E-state index in [2.05, 4.69) is 6.92 Å². The number of hydrogen-bond acceptors (Lipinski definition) is 2. The Balaban J connectivity index is 2.20. The zero-order valence-electron chi connectivity index (χ0n) is 12.7. The van der Waals surface area contributed by atoms with E-state index < -0.39 is 0 Å². The summed E-state index contributed by atoms with van der Waals surface area (Å²) in [6.45, 7) is 4.57. The van der Waals surface area contributed by atoms with Crippen LogP contribution in [0.5, 0.6) is 5.75 Å². The summed E-state index contributed by atoms with van der Waals surface area (Å²) in [4.78, 5) is 10.8. The molecule has 0 saturated carbocycles. The fourth-order valence-corrected chi connectivity index (χ4v) is 1.96. The molecule has 1 aromatic carbocycles. The number of ketones is 1. The number of carbonyl (C=O) groups is 1. The number of rotatable bonds is 10. The van der Waals surface area contributed by atoms with Gasteiger partial charge in [-0.15, -0.1) is 0 Å². The van der Waals surface area contributed by atoms with E-state index in [0.29, 0.717) is 0 Å². The van der Waals surface area contributed by atoms with Gasteiger partial charge in [-0.3, -0.25) is 4.79 Å². The highest BCUT2D eigenvalue weighted by atomic mass is 16.5. The predicted octanol–water partition coefficient (Wildman–Crippen LogP) is 5.03. The average Bonchev–Trinajstić information content (AvgIpc) is 2.45. The van der Waals surface area contributed by atoms with Gasteiger partial charge in [0, 0.05) is 0 Å². The molecule has 0 aliphatic heterocycles. The molecule has 0 aromatic heterocycles. The van der Waals surface area contributed by atoms with Crippen molar-refractivity contribution in [3.05, 3.63) is 35.9 Å². The quantitative estimate of drug-likeness (QED) is 0.442. The Morgan fingerprint density at radius 3 is 2.35 bits per heavy atom. The van der Waals surface area contributed by atoms with Crippen molar-refractivity contribution >= 4 is 11.9 Å². The maximum atomic E-state index is 10.8. The average molecular weight is 274 g/mol. The summed E-state index contributed by atoms with van der Waals surface area (Å²) in [6.07, 6.45) is 11.1. The largest absolute Gasteiger partial charge is 0.494 e. The Morgan fingerprint density at radius 2 is 1.70 bits per heavy atom. The van der Waals surface area contributed by atoms with E-state index in [1.807, 2.05) is 30.3 Å². The van der Waals surface area contributed by atoms with Gasteiger partial charge >= 0.3 is 0 Å². The molecule has 1 rings (SSSR count). The molecule has 0 amide bonds. The van der Waals surface area contributed by atoms with Gasteiger partial charge in [0.1, 0.15) is 5.75 Å². The number of ether oxygens (including phenoxy) is 1. The molecule has 0 fully saturated rings. The fourth-order valence-electron chi connectivity index (χ4n) is 1.96. The lowest BCUT2D eigenvalue weighted by Gasteiger charge is -2.06. The molecule has 0 spiro atoms. The molecule has 110 valence electrons. The van der Waals surface area contributed by atoms with Crippen LogP contribution in [0.4, 0.5) is 0 Å². The number of allylic oxidation sites excluding steroid dienone is 1. The van der Waals surface area contributed by atoms with Crippen molar-refractivity contribution in [1.29, 1.82) is 0 Å². The molecule has 20 heavy (non-hydrogen) atoms. The third-order valence-corrected chi connectivity index (χ3v) is 3.16. The van der Waals surface area contributed by atoms with Gasteiger partial charge in [0.15, 0.2) is 5.78 Å². The first-order valence-electron chi connectivity index (χ1n) is 7.64. The first-order chi connectivity index (χ1) is 9.72. The zero-order chi connectivity index (χ0) is 14.6. The first-order valence-corrected chi connectivity index (χ1v) is 7.64. The maximum absolute atomic E-state index is 10.8. The molecular weight excluding hydrogens is 248 g/mol. The van der Waals surface area contributed by atoms with Gasteiger partial charge in [-0.05, 0) is 37.1 Å². The van der Waals surface area contributed by atoms with E-state index in [0.717, 1.165) is 24.3 Å². The molecule has 0 atom stereocenters. The molecule has 0 heterocycles. The summed E-state index contributed by atoms with van der Waals surface area (Å²) in [5.74, 6) is 0.965. The SMILES string of the molecule is CCCCCCCCOc1ccc(C=CC(C)=O)cc1. The van der Waals surface area contributed by atoms with Crippen LogP contribution in [0.2, 0.25) is 0 Å². The second-order valence-corrected chi connectivity index (χ2v) is 5.13. The molecule has 0 unspecified atom stereocenters. The highest BCUT2D eigenvalue weighted by Crippen LogP contribution is 2.14. The zero-order valence-corrected chi connectivity index (χ0v) is 12.7. The Morgan fingerprint density at radius 1 is 1.05 bits per heavy atom. The van der Waals surface area contributed by atoms with Crippen LogP contribution in [-0.2, 0) is 4.79 Å². The van der Waals surface area contributed by atoms with Crippen molar-refractivity contribution in [3.8, 4) is 5.75 Å². The highest BCUT2D eigenvalue weighted by Gasteiger charge is 1.95. The summed E-state index contributed by atoms with van der Waals surface area (Å²) in [5, 5.41) is 0. The summed E-state index contributed by atoms with van der Waals surface area (Å²) < 4.78 is 5.70. The molecule has 0 N–H and O–H groups in total. The van der Waals surface area contributed by atoms with Gasteiger partial charge in [-0.1, -0.05) is 57.2 Å². The van der Waals surface area contributed by atoms with Gasteiger partial charge in [0.2, 0.25) is 0 Å². The van der Waals surface area contributed by atoms with E-state index in [-0.39, 0.29) is 5.78 Å². The lowest BCUT2D eigenvalue weighted by Crippen LogP contribution is -1.97. The minimum atomic E-state index is 0.0633. The van der Waals surface area contributed by atoms with Crippen LogP contribution in [-0.4, -0.2) is 12.4 Å². The van der Waals surface area contributed by atoms with E-state index in [9.17, 15) is 4.79 Å². The minimum Gasteiger partial charge on any atom is -0.494 e. The smallest absolute Gasteiger partial charge is 0.152 e. The van der Waals surface area contributed by atoms with Crippen LogP contribution in [0.25, 0.3) is 6.08 Å². The second kappa shape index (κ2) is 10.2. The summed E-state index contributed by atoms with van der Waals surface area (Å²) in [6, 6.07) is 7.85. The molecule has 0 aliphatic carbocycles. The van der Waals surface area contributed by atoms with Crippen LogP contribution in [0.15, 0.2) is 30.3 Å². The monoisotopic (exact) mass is 274 g/mol. The molecule has 0 bridgehead atoms. The van der Waals surface area contributed by atoms with Gasteiger partial charge in [0.25, 0.3) is 0 Å². The minimum absolute atomic E-state index is 0.0633. The van der Waals surface area contributed by atoms with Crippen LogP contribution in [0, 0.1) is 0 Å². The Hall–Kier alpha value is -1.57. The van der Waals surface area contributed by atoms with E-state index in [1.165, 1.54) is 32.1 Å². The van der Waals surface area contributed by atoms with Crippen LogP contribution in [0.1, 0.15) is 57.9 Å². The van der Waals surface area contributed by atoms with Gasteiger partial charge in [-0.2, -0.15) is 0 Å². The standard InChI is InChI=1S/C18H26O2/c1-3-4-5-6-7-8-15-20-18-13-11-17(12-14-18)10-9-16(2)19/h9-14H,3-8,15H2,1-2H3. The van der Waals surface area contributed by atoms with E-state index in [1.54, 1.807) is 13.0 Å². The van der Waals surface area contributed by atoms with E-state index >= 15 is 0 Å². The normalized spacial score (nSPS) is 10.9. The molecule has 2 heteroatoms. The van der Waals surface area contributed by atoms with Gasteiger partial charge in [-0.25, -0.2) is 0 Å². The second-order valence-electron chi connectivity index (χ2n) is 5.13. The Bertz CT molecular complexity index is 404. The van der Waals surface area contributed by atoms with Crippen LogP contribution < -0.4 is 4.74 Å². The molecule has 0 aliphatic rings. The third kappa shape index (κ3) is 7.78. The fraction of sp³-hybridized carbons (Fsp3) is 0.500. The summed E-state index contributed by atoms with van der Waals surface area (Å²) in [7, 11) is 0. The Labute approximate surface area is 122 Å². The lowest BCUT2D eigenvalue weighted by atomic mass is 10.1. The summed E-state index contributed by atoms with van der Waals surface area (Å²) in [5.41, 5.74) is 1.02. The molecule has 1 aromatic rings. The number of benzene rings is 1. The molecular formula is C18H26O2. The predicted molar refractivity (Wildman–Crippen MR) is 85.0 cm³/mol. The maximum Gasteiger partial charge on any atom is 0.152 e. The number of hydrogen-bond donors (Lipinski definition) is 0. The molecule has 2 nitrogen and oxygen atoms in total. The summed E-state index contributed by atoms with van der Waals surface area (Å²) >= 11 is 0. The molecule has 0 saturated heterocycles. The van der Waals surface area contributed by atoms with Crippen LogP contribution in [0.3, 0.4) is 0 Å². The van der Waals surface area contributed by atoms with Crippen LogP contribution >= 0.6 is 0 Å². The van der Waals surface area contributed by atoms with Crippen molar-refractivity contribution in [2.24, 2.45) is 0 Å². The van der Waals surface area contributed by atoms with Crippen molar-refractivity contribution in [3.63, 3.8) is 0 Å². The van der Waals surface area contributed by atoms with E-state index in [4.69, 9.17) is 4.74 Å². The topological polar surface area (TPSA) is 26.3 Å². The van der Waals surface area contributed by atoms with Crippen molar-refractivity contribution in [1.82, 2.24) is 0 Å². The van der Waals surface area contributed by atoms with Crippen molar-refractivity contribution in [2.45, 2.75) is 52.4 Å². The van der Waals surface area contributed by atoms with Gasteiger partial charge < -0.3 is 4.74 Å². The number of unbranched alkanes of at least 4 members (excludes halogenated alkanes) is 5. The molecule has 0 radical (unpaired) electrons. The Kier molecular flexibility index (Phi) is 8.44. The van der Waals surface area contributed by atoms with Crippen molar-refractivity contribution < 1.29 is 9.53 Å². The van der Waals surface area contributed by atoms with Crippen molar-refractivity contribution in [2.75, 3.05) is 6.61 Å². The first kappa shape index (κ1) is 16.5. The number of carbonyl (C=O) groups excluding carboxylic acids is 1.